The van der Waals surface area contributed by atoms with Gasteiger partial charge in [-0.2, -0.15) is 0 Å². The Bertz CT molecular complexity index is 643. The van der Waals surface area contributed by atoms with E-state index in [1.807, 2.05) is 32.0 Å². The predicted molar refractivity (Wildman–Crippen MR) is 88.9 cm³/mol. The van der Waals surface area contributed by atoms with Crippen LogP contribution in [-0.4, -0.2) is 37.5 Å². The lowest BCUT2D eigenvalue weighted by Crippen LogP contribution is -2.10. The van der Waals surface area contributed by atoms with Crippen molar-refractivity contribution in [3.63, 3.8) is 0 Å². The summed E-state index contributed by atoms with van der Waals surface area (Å²) in [5.41, 5.74) is 1.93. The maximum atomic E-state index is 9.06. The highest BCUT2D eigenvalue weighted by molar-refractivity contribution is 5.90. The van der Waals surface area contributed by atoms with Crippen molar-refractivity contribution in [2.24, 2.45) is 5.92 Å². The second-order valence-corrected chi connectivity index (χ2v) is 5.55. The van der Waals surface area contributed by atoms with Crippen LogP contribution in [0.4, 0.5) is 5.82 Å². The molecule has 0 aliphatic rings. The third-order valence-corrected chi connectivity index (χ3v) is 3.77. The number of aryl methyl sites for hydroxylation is 1. The van der Waals surface area contributed by atoms with Gasteiger partial charge in [0.25, 0.3) is 0 Å². The molecule has 5 heteroatoms. The van der Waals surface area contributed by atoms with Crippen LogP contribution in [0.25, 0.3) is 10.9 Å². The first-order valence-corrected chi connectivity index (χ1v) is 7.47. The van der Waals surface area contributed by atoms with Gasteiger partial charge in [-0.3, -0.25) is 0 Å². The summed E-state index contributed by atoms with van der Waals surface area (Å²) in [5.74, 6) is 2.56. The molecule has 1 aromatic carbocycles. The van der Waals surface area contributed by atoms with Gasteiger partial charge in [0.05, 0.1) is 14.2 Å². The van der Waals surface area contributed by atoms with E-state index in [4.69, 9.17) is 14.6 Å². The molecule has 1 heterocycles. The summed E-state index contributed by atoms with van der Waals surface area (Å²) in [6, 6.07) is 5.83. The highest BCUT2D eigenvalue weighted by Crippen LogP contribution is 2.32. The average Bonchev–Trinajstić information content (AvgIpc) is 2.53. The van der Waals surface area contributed by atoms with Crippen molar-refractivity contribution >= 4 is 16.7 Å². The topological polar surface area (TPSA) is 63.6 Å². The van der Waals surface area contributed by atoms with E-state index >= 15 is 0 Å². The molecule has 2 N–H and O–H groups in total. The SMILES string of the molecule is COc1cc(OC)c2nc(NCC[C@@H](C)CO)cc(C)c2c1. The predicted octanol–water partition coefficient (Wildman–Crippen LogP) is 2.99. The van der Waals surface area contributed by atoms with E-state index < -0.39 is 0 Å². The van der Waals surface area contributed by atoms with Crippen LogP contribution in [0.2, 0.25) is 0 Å². The largest absolute Gasteiger partial charge is 0.497 e. The molecule has 1 atom stereocenters. The van der Waals surface area contributed by atoms with Gasteiger partial charge in [-0.25, -0.2) is 4.98 Å². The molecule has 1 aromatic heterocycles. The van der Waals surface area contributed by atoms with Crippen LogP contribution < -0.4 is 14.8 Å². The molecule has 0 aliphatic carbocycles. The normalized spacial score (nSPS) is 12.2. The number of nitrogens with one attached hydrogen (secondary N) is 1. The molecule has 2 rings (SSSR count). The molecule has 0 bridgehead atoms. The lowest BCUT2D eigenvalue weighted by atomic mass is 10.1. The molecule has 22 heavy (non-hydrogen) atoms. The molecule has 0 saturated carbocycles. The first-order valence-electron chi connectivity index (χ1n) is 7.47. The molecular weight excluding hydrogens is 280 g/mol. The van der Waals surface area contributed by atoms with Crippen molar-refractivity contribution < 1.29 is 14.6 Å². The van der Waals surface area contributed by atoms with Gasteiger partial charge in [0, 0.05) is 24.6 Å². The Balaban J connectivity index is 2.31. The number of ether oxygens (including phenoxy) is 2. The fraction of sp³-hybridized carbons (Fsp3) is 0.471. The zero-order valence-corrected chi connectivity index (χ0v) is 13.6. The number of benzene rings is 1. The number of fused-ring (bicyclic) bond motifs is 1. The average molecular weight is 304 g/mol. The minimum absolute atomic E-state index is 0.208. The summed E-state index contributed by atoms with van der Waals surface area (Å²) in [6.45, 7) is 5.05. The maximum absolute atomic E-state index is 9.06. The molecule has 120 valence electrons. The Labute approximate surface area is 131 Å². The number of aliphatic hydroxyl groups excluding tert-OH is 1. The quantitative estimate of drug-likeness (QED) is 0.823. The molecule has 0 radical (unpaired) electrons. The van der Waals surface area contributed by atoms with Gasteiger partial charge in [0.2, 0.25) is 0 Å². The van der Waals surface area contributed by atoms with Crippen molar-refractivity contribution in [1.82, 2.24) is 4.98 Å². The number of pyridine rings is 1. The van der Waals surface area contributed by atoms with E-state index in [9.17, 15) is 0 Å². The molecule has 0 amide bonds. The van der Waals surface area contributed by atoms with Crippen molar-refractivity contribution in [1.29, 1.82) is 0 Å². The van der Waals surface area contributed by atoms with Crippen LogP contribution in [0.15, 0.2) is 18.2 Å². The van der Waals surface area contributed by atoms with E-state index in [1.54, 1.807) is 14.2 Å². The van der Waals surface area contributed by atoms with Crippen LogP contribution >= 0.6 is 0 Å². The lowest BCUT2D eigenvalue weighted by Gasteiger charge is -2.14. The van der Waals surface area contributed by atoms with Gasteiger partial charge in [-0.05, 0) is 37.0 Å². The smallest absolute Gasteiger partial charge is 0.148 e. The minimum Gasteiger partial charge on any atom is -0.497 e. The summed E-state index contributed by atoms with van der Waals surface area (Å²) in [7, 11) is 3.27. The lowest BCUT2D eigenvalue weighted by molar-refractivity contribution is 0.233. The number of aromatic nitrogens is 1. The van der Waals surface area contributed by atoms with Gasteiger partial charge >= 0.3 is 0 Å². The van der Waals surface area contributed by atoms with Gasteiger partial charge in [0.15, 0.2) is 0 Å². The number of anilines is 1. The summed E-state index contributed by atoms with van der Waals surface area (Å²) in [5, 5.41) is 13.4. The minimum atomic E-state index is 0.208. The van der Waals surface area contributed by atoms with E-state index in [1.165, 1.54) is 0 Å². The third kappa shape index (κ3) is 3.60. The Morgan fingerprint density at radius 1 is 1.23 bits per heavy atom. The van der Waals surface area contributed by atoms with Crippen LogP contribution in [0.5, 0.6) is 11.5 Å². The second-order valence-electron chi connectivity index (χ2n) is 5.55. The summed E-state index contributed by atoms with van der Waals surface area (Å²) < 4.78 is 10.7. The van der Waals surface area contributed by atoms with E-state index in [0.717, 1.165) is 41.0 Å². The Morgan fingerprint density at radius 3 is 2.64 bits per heavy atom. The van der Waals surface area contributed by atoms with Crippen molar-refractivity contribution in [3.8, 4) is 11.5 Å². The van der Waals surface area contributed by atoms with Crippen LogP contribution in [0.3, 0.4) is 0 Å². The summed E-state index contributed by atoms with van der Waals surface area (Å²) in [4.78, 5) is 4.65. The van der Waals surface area contributed by atoms with E-state index in [0.29, 0.717) is 5.75 Å². The third-order valence-electron chi connectivity index (χ3n) is 3.77. The first kappa shape index (κ1) is 16.4. The van der Waals surface area contributed by atoms with Crippen LogP contribution in [0, 0.1) is 12.8 Å². The monoisotopic (exact) mass is 304 g/mol. The summed E-state index contributed by atoms with van der Waals surface area (Å²) >= 11 is 0. The molecule has 0 fully saturated rings. The highest BCUT2D eigenvalue weighted by Gasteiger charge is 2.11. The van der Waals surface area contributed by atoms with Crippen molar-refractivity contribution in [2.45, 2.75) is 20.3 Å². The number of methoxy groups -OCH3 is 2. The Morgan fingerprint density at radius 2 is 2.00 bits per heavy atom. The van der Waals surface area contributed by atoms with Crippen molar-refractivity contribution in [3.05, 3.63) is 23.8 Å². The van der Waals surface area contributed by atoms with E-state index in [2.05, 4.69) is 10.3 Å². The second kappa shape index (κ2) is 7.31. The van der Waals surface area contributed by atoms with E-state index in [-0.39, 0.29) is 12.5 Å². The van der Waals surface area contributed by atoms with Crippen molar-refractivity contribution in [2.75, 3.05) is 32.7 Å². The van der Waals surface area contributed by atoms with Crippen LogP contribution in [0.1, 0.15) is 18.9 Å². The number of rotatable bonds is 7. The number of nitrogens with zero attached hydrogens (tertiary/aromatic N) is 1. The fourth-order valence-electron chi connectivity index (χ4n) is 2.34. The highest BCUT2D eigenvalue weighted by atomic mass is 16.5. The zero-order chi connectivity index (χ0) is 16.1. The first-order chi connectivity index (χ1) is 10.6. The molecule has 5 nitrogen and oxygen atoms in total. The fourth-order valence-corrected chi connectivity index (χ4v) is 2.34. The van der Waals surface area contributed by atoms with Gasteiger partial charge in [-0.1, -0.05) is 6.92 Å². The summed E-state index contributed by atoms with van der Waals surface area (Å²) in [6.07, 6.45) is 0.898. The molecule has 0 aliphatic heterocycles. The molecule has 2 aromatic rings. The number of hydrogen-bond donors (Lipinski definition) is 2. The molecular formula is C17H24N2O3. The van der Waals surface area contributed by atoms with Gasteiger partial charge < -0.3 is 19.9 Å². The van der Waals surface area contributed by atoms with Crippen LogP contribution in [-0.2, 0) is 0 Å². The van der Waals surface area contributed by atoms with Gasteiger partial charge in [-0.15, -0.1) is 0 Å². The molecule has 0 spiro atoms. The Kier molecular flexibility index (Phi) is 5.44. The zero-order valence-electron chi connectivity index (χ0n) is 13.6. The number of hydrogen-bond acceptors (Lipinski definition) is 5. The standard InChI is InChI=1S/C17H24N2O3/c1-11(10-20)5-6-18-16-7-12(2)14-8-13(21-3)9-15(22-4)17(14)19-16/h7-9,11,20H,5-6,10H2,1-4H3,(H,18,19)/t11-/m1/s1. The molecule has 0 saturated heterocycles. The van der Waals surface area contributed by atoms with Gasteiger partial charge in [0.1, 0.15) is 22.8 Å². The Hall–Kier alpha value is -2.01. The maximum Gasteiger partial charge on any atom is 0.148 e. The number of aliphatic hydroxyl groups is 1. The molecule has 0 unspecified atom stereocenters.